The lowest BCUT2D eigenvalue weighted by molar-refractivity contribution is 0.101. The molecule has 0 aliphatic carbocycles. The van der Waals surface area contributed by atoms with E-state index in [2.05, 4.69) is 11.8 Å². The number of hydrogen-bond acceptors (Lipinski definition) is 2. The zero-order valence-electron chi connectivity index (χ0n) is 8.54. The monoisotopic (exact) mass is 206 g/mol. The van der Waals surface area contributed by atoms with Gasteiger partial charge >= 0.3 is 0 Å². The molecule has 0 spiro atoms. The molecule has 2 nitrogen and oxygen atoms in total. The highest BCUT2D eigenvalue weighted by molar-refractivity contribution is 5.94. The molecule has 0 aliphatic rings. The predicted molar refractivity (Wildman–Crippen MR) is 55.0 cm³/mol. The van der Waals surface area contributed by atoms with Gasteiger partial charge in [-0.15, -0.1) is 0 Å². The quantitative estimate of drug-likeness (QED) is 0.561. The molecule has 0 saturated heterocycles. The number of halogens is 1. The molecule has 1 rings (SSSR count). The predicted octanol–water partition coefficient (Wildman–Crippen LogP) is 1.76. The Kier molecular flexibility index (Phi) is 3.59. The molecule has 0 radical (unpaired) electrons. The second-order valence-corrected chi connectivity index (χ2v) is 3.20. The van der Waals surface area contributed by atoms with E-state index in [0.29, 0.717) is 5.56 Å². The number of aliphatic hydroxyl groups is 1. The van der Waals surface area contributed by atoms with Gasteiger partial charge in [-0.3, -0.25) is 4.79 Å². The molecule has 0 heterocycles. The molecule has 0 amide bonds. The Morgan fingerprint density at radius 2 is 2.20 bits per heavy atom. The molecule has 1 atom stereocenters. The Bertz CT molecular complexity index is 439. The SMILES string of the molecule is CC(=O)c1ccc(F)c(C#CC(C)O)c1. The van der Waals surface area contributed by atoms with E-state index in [-0.39, 0.29) is 11.3 Å². The fourth-order valence-corrected chi connectivity index (χ4v) is 1.02. The minimum atomic E-state index is -0.814. The summed E-state index contributed by atoms with van der Waals surface area (Å²) in [5, 5.41) is 8.92. The van der Waals surface area contributed by atoms with Crippen LogP contribution < -0.4 is 0 Å². The van der Waals surface area contributed by atoms with Crippen molar-refractivity contribution in [1.29, 1.82) is 0 Å². The molecule has 0 saturated carbocycles. The summed E-state index contributed by atoms with van der Waals surface area (Å²) in [4.78, 5) is 11.0. The van der Waals surface area contributed by atoms with Crippen molar-refractivity contribution in [3.8, 4) is 11.8 Å². The molecule has 0 aromatic heterocycles. The third-order valence-corrected chi connectivity index (χ3v) is 1.79. The van der Waals surface area contributed by atoms with Crippen LogP contribution in [0.25, 0.3) is 0 Å². The van der Waals surface area contributed by atoms with Crippen molar-refractivity contribution in [2.24, 2.45) is 0 Å². The lowest BCUT2D eigenvalue weighted by Crippen LogP contribution is -1.96. The van der Waals surface area contributed by atoms with Crippen LogP contribution in [0.3, 0.4) is 0 Å². The minimum Gasteiger partial charge on any atom is -0.381 e. The molecule has 3 heteroatoms. The fourth-order valence-electron chi connectivity index (χ4n) is 1.02. The van der Waals surface area contributed by atoms with Gasteiger partial charge in [-0.05, 0) is 32.0 Å². The molecule has 0 fully saturated rings. The summed E-state index contributed by atoms with van der Waals surface area (Å²) in [6, 6.07) is 3.99. The Hall–Kier alpha value is -1.66. The van der Waals surface area contributed by atoms with Gasteiger partial charge < -0.3 is 5.11 Å². The van der Waals surface area contributed by atoms with E-state index in [4.69, 9.17) is 5.11 Å². The number of carbonyl (C=O) groups is 1. The van der Waals surface area contributed by atoms with Gasteiger partial charge in [0.2, 0.25) is 0 Å². The molecule has 1 aromatic rings. The van der Waals surface area contributed by atoms with E-state index in [0.717, 1.165) is 0 Å². The van der Waals surface area contributed by atoms with Gasteiger partial charge in [0, 0.05) is 5.56 Å². The van der Waals surface area contributed by atoms with Crippen LogP contribution in [0, 0.1) is 17.7 Å². The van der Waals surface area contributed by atoms with Gasteiger partial charge in [0.25, 0.3) is 0 Å². The Morgan fingerprint density at radius 1 is 1.53 bits per heavy atom. The lowest BCUT2D eigenvalue weighted by atomic mass is 10.1. The van der Waals surface area contributed by atoms with Gasteiger partial charge in [0.15, 0.2) is 5.78 Å². The Labute approximate surface area is 87.7 Å². The van der Waals surface area contributed by atoms with Crippen molar-refractivity contribution < 1.29 is 14.3 Å². The molecule has 78 valence electrons. The number of benzene rings is 1. The molecule has 0 aliphatic heterocycles. The maximum Gasteiger partial charge on any atom is 0.159 e. The van der Waals surface area contributed by atoms with E-state index in [1.54, 1.807) is 0 Å². The molecule has 1 aromatic carbocycles. The molecule has 1 N–H and O–H groups in total. The summed E-state index contributed by atoms with van der Waals surface area (Å²) < 4.78 is 13.2. The van der Waals surface area contributed by atoms with E-state index < -0.39 is 11.9 Å². The first-order valence-electron chi connectivity index (χ1n) is 4.51. The van der Waals surface area contributed by atoms with Crippen LogP contribution in [0.4, 0.5) is 4.39 Å². The van der Waals surface area contributed by atoms with Crippen LogP contribution in [0.2, 0.25) is 0 Å². The van der Waals surface area contributed by atoms with E-state index >= 15 is 0 Å². The standard InChI is InChI=1S/C12H11FO2/c1-8(14)3-4-11-7-10(9(2)15)5-6-12(11)13/h5-8,14H,1-2H3. The maximum atomic E-state index is 13.2. The largest absolute Gasteiger partial charge is 0.381 e. The summed E-state index contributed by atoms with van der Waals surface area (Å²) in [6.45, 7) is 2.89. The number of rotatable bonds is 1. The van der Waals surface area contributed by atoms with Gasteiger partial charge in [0.05, 0.1) is 5.56 Å². The minimum absolute atomic E-state index is 0.128. The second-order valence-electron chi connectivity index (χ2n) is 3.20. The molecular formula is C12H11FO2. The number of Topliss-reactive ketones (excluding diaryl/α,β-unsaturated/α-hetero) is 1. The molecule has 15 heavy (non-hydrogen) atoms. The number of carbonyl (C=O) groups excluding carboxylic acids is 1. The average Bonchev–Trinajstić information content (AvgIpc) is 2.16. The van der Waals surface area contributed by atoms with Crippen LogP contribution in [-0.4, -0.2) is 17.0 Å². The Balaban J connectivity index is 3.13. The van der Waals surface area contributed by atoms with Crippen molar-refractivity contribution in [1.82, 2.24) is 0 Å². The van der Waals surface area contributed by atoms with Crippen molar-refractivity contribution in [3.05, 3.63) is 35.1 Å². The molecule has 0 bridgehead atoms. The average molecular weight is 206 g/mol. The molecule has 1 unspecified atom stereocenters. The van der Waals surface area contributed by atoms with Crippen LogP contribution in [0.15, 0.2) is 18.2 Å². The summed E-state index contributed by atoms with van der Waals surface area (Å²) in [6.07, 6.45) is -0.814. The van der Waals surface area contributed by atoms with Gasteiger partial charge in [-0.2, -0.15) is 0 Å². The zero-order valence-corrected chi connectivity index (χ0v) is 8.54. The van der Waals surface area contributed by atoms with Crippen molar-refractivity contribution in [3.63, 3.8) is 0 Å². The van der Waals surface area contributed by atoms with Crippen molar-refractivity contribution in [2.45, 2.75) is 20.0 Å². The van der Waals surface area contributed by atoms with E-state index in [1.165, 1.54) is 32.0 Å². The summed E-state index contributed by atoms with van der Waals surface area (Å²) >= 11 is 0. The Morgan fingerprint density at radius 3 is 2.73 bits per heavy atom. The number of hydrogen-bond donors (Lipinski definition) is 1. The van der Waals surface area contributed by atoms with E-state index in [1.807, 2.05) is 0 Å². The topological polar surface area (TPSA) is 37.3 Å². The number of ketones is 1. The van der Waals surface area contributed by atoms with Crippen molar-refractivity contribution in [2.75, 3.05) is 0 Å². The summed E-state index contributed by atoms with van der Waals surface area (Å²) in [5.41, 5.74) is 0.537. The van der Waals surface area contributed by atoms with Crippen LogP contribution in [0.1, 0.15) is 29.8 Å². The normalized spacial score (nSPS) is 11.5. The first-order chi connectivity index (χ1) is 7.00. The zero-order chi connectivity index (χ0) is 11.4. The molecular weight excluding hydrogens is 195 g/mol. The highest BCUT2D eigenvalue weighted by Crippen LogP contribution is 2.10. The van der Waals surface area contributed by atoms with Gasteiger partial charge in [-0.25, -0.2) is 4.39 Å². The van der Waals surface area contributed by atoms with Crippen LogP contribution in [-0.2, 0) is 0 Å². The lowest BCUT2D eigenvalue weighted by Gasteiger charge is -1.98. The summed E-state index contributed by atoms with van der Waals surface area (Å²) in [5.74, 6) is 4.27. The smallest absolute Gasteiger partial charge is 0.159 e. The maximum absolute atomic E-state index is 13.2. The number of aliphatic hydroxyl groups excluding tert-OH is 1. The van der Waals surface area contributed by atoms with E-state index in [9.17, 15) is 9.18 Å². The highest BCUT2D eigenvalue weighted by atomic mass is 19.1. The fraction of sp³-hybridized carbons (Fsp3) is 0.250. The van der Waals surface area contributed by atoms with Gasteiger partial charge in [-0.1, -0.05) is 11.8 Å². The third kappa shape index (κ3) is 3.19. The first kappa shape index (κ1) is 11.4. The third-order valence-electron chi connectivity index (χ3n) is 1.79. The highest BCUT2D eigenvalue weighted by Gasteiger charge is 2.04. The van der Waals surface area contributed by atoms with Gasteiger partial charge in [0.1, 0.15) is 11.9 Å². The summed E-state index contributed by atoms with van der Waals surface area (Å²) in [7, 11) is 0. The first-order valence-corrected chi connectivity index (χ1v) is 4.51. The van der Waals surface area contributed by atoms with Crippen molar-refractivity contribution >= 4 is 5.78 Å². The second kappa shape index (κ2) is 4.72. The van der Waals surface area contributed by atoms with Crippen LogP contribution in [0.5, 0.6) is 0 Å². The van der Waals surface area contributed by atoms with Crippen LogP contribution >= 0.6 is 0 Å².